The lowest BCUT2D eigenvalue weighted by Gasteiger charge is -2.08. The zero-order valence-corrected chi connectivity index (χ0v) is 17.8. The van der Waals surface area contributed by atoms with E-state index >= 15 is 0 Å². The van der Waals surface area contributed by atoms with Crippen molar-refractivity contribution in [3.8, 4) is 0 Å². The maximum atomic E-state index is 8.75. The van der Waals surface area contributed by atoms with Gasteiger partial charge in [-0.25, -0.2) is 0 Å². The molecule has 0 amide bonds. The van der Waals surface area contributed by atoms with Gasteiger partial charge in [0.2, 0.25) is 0 Å². The summed E-state index contributed by atoms with van der Waals surface area (Å²) in [5, 5.41) is 24.5. The molecule has 1 saturated heterocycles. The van der Waals surface area contributed by atoms with Crippen LogP contribution in [-0.4, -0.2) is 48.9 Å². The lowest BCUT2D eigenvalue weighted by Crippen LogP contribution is -2.03. The lowest BCUT2D eigenvalue weighted by molar-refractivity contribution is 0.198. The minimum atomic E-state index is 0.372. The minimum absolute atomic E-state index is 0.372. The summed E-state index contributed by atoms with van der Waals surface area (Å²) in [6.45, 7) is 11.4. The Bertz CT molecular complexity index is 165. The van der Waals surface area contributed by atoms with Crippen molar-refractivity contribution in [1.29, 1.82) is 0 Å². The molecule has 4 heteroatoms. The van der Waals surface area contributed by atoms with Crippen LogP contribution in [0, 0.1) is 11.8 Å². The largest absolute Gasteiger partial charge is 0.400 e. The average molecular weight is 365 g/mol. The van der Waals surface area contributed by atoms with E-state index in [1.807, 2.05) is 0 Å². The van der Waals surface area contributed by atoms with Crippen LogP contribution in [-0.2, 0) is 4.74 Å². The molecule has 0 aromatic heterocycles. The number of ether oxygens (including phenoxy) is 1. The van der Waals surface area contributed by atoms with Gasteiger partial charge in [0.05, 0.1) is 0 Å². The van der Waals surface area contributed by atoms with Crippen LogP contribution in [0.2, 0.25) is 0 Å². The zero-order valence-electron chi connectivity index (χ0n) is 17.8. The molecule has 2 unspecified atom stereocenters. The fraction of sp³-hybridized carbons (Fsp3) is 1.00. The summed E-state index contributed by atoms with van der Waals surface area (Å²) in [5.74, 6) is 1.12. The molecule has 0 saturated carbocycles. The molecule has 1 aliphatic rings. The van der Waals surface area contributed by atoms with Crippen LogP contribution in [0.1, 0.15) is 91.9 Å². The van der Waals surface area contributed by atoms with E-state index in [9.17, 15) is 0 Å². The van der Waals surface area contributed by atoms with Crippen LogP contribution in [0.5, 0.6) is 0 Å². The summed E-state index contributed by atoms with van der Waals surface area (Å²) in [4.78, 5) is 0. The van der Waals surface area contributed by atoms with Crippen molar-refractivity contribution < 1.29 is 20.1 Å². The van der Waals surface area contributed by atoms with Gasteiger partial charge in [0, 0.05) is 33.5 Å². The normalized spacial score (nSPS) is 14.9. The highest BCUT2D eigenvalue weighted by Crippen LogP contribution is 2.11. The highest BCUT2D eigenvalue weighted by atomic mass is 16.5. The van der Waals surface area contributed by atoms with Gasteiger partial charge in [-0.1, -0.05) is 66.2 Å². The number of hydrogen-bond donors (Lipinski definition) is 3. The first-order chi connectivity index (χ1) is 12.2. The maximum Gasteiger partial charge on any atom is 0.0466 e. The summed E-state index contributed by atoms with van der Waals surface area (Å²) in [6, 6.07) is 0. The van der Waals surface area contributed by atoms with Crippen LogP contribution >= 0.6 is 0 Å². The van der Waals surface area contributed by atoms with Gasteiger partial charge in [-0.15, -0.1) is 0 Å². The third-order valence-electron chi connectivity index (χ3n) is 4.43. The second kappa shape index (κ2) is 28.6. The molecule has 4 nitrogen and oxygen atoms in total. The predicted octanol–water partition coefficient (Wildman–Crippen LogP) is 4.80. The molecule has 0 spiro atoms. The molecule has 0 bridgehead atoms. The summed E-state index contributed by atoms with van der Waals surface area (Å²) >= 11 is 0. The standard InChI is InChI=1S/2C8H18O.C4H8O.CH4O/c2*1-3-5-6-8(4-2)7-9;1-2-4-5-3-1;1-2/h2*8-9H,3-7H2,1-2H3;1-4H2;2H,1H3. The van der Waals surface area contributed by atoms with Gasteiger partial charge >= 0.3 is 0 Å². The fourth-order valence-electron chi connectivity index (χ4n) is 2.34. The monoisotopic (exact) mass is 364 g/mol. The van der Waals surface area contributed by atoms with Gasteiger partial charge in [0.15, 0.2) is 0 Å². The van der Waals surface area contributed by atoms with E-state index in [0.717, 1.165) is 33.2 Å². The van der Waals surface area contributed by atoms with Crippen LogP contribution < -0.4 is 0 Å². The van der Waals surface area contributed by atoms with Gasteiger partial charge in [-0.05, 0) is 37.5 Å². The molecule has 1 rings (SSSR count). The molecule has 25 heavy (non-hydrogen) atoms. The fourth-order valence-corrected chi connectivity index (χ4v) is 2.34. The second-order valence-corrected chi connectivity index (χ2v) is 6.52. The molecule has 0 radical (unpaired) electrons. The SMILES string of the molecule is C1CCOC1.CCCCC(CC)CO.CCCCC(CC)CO.CO. The molecule has 0 aliphatic carbocycles. The first kappa shape index (κ1) is 29.6. The van der Waals surface area contributed by atoms with Crippen molar-refractivity contribution in [1.82, 2.24) is 0 Å². The van der Waals surface area contributed by atoms with Crippen LogP contribution in [0.25, 0.3) is 0 Å². The first-order valence-electron chi connectivity index (χ1n) is 10.4. The Labute approximate surface area is 158 Å². The van der Waals surface area contributed by atoms with Gasteiger partial charge in [-0.3, -0.25) is 0 Å². The molecular formula is C21H48O4. The van der Waals surface area contributed by atoms with Crippen molar-refractivity contribution in [3.63, 3.8) is 0 Å². The summed E-state index contributed by atoms with van der Waals surface area (Å²) in [6.07, 6.45) is 12.2. The van der Waals surface area contributed by atoms with Crippen molar-refractivity contribution >= 4 is 0 Å². The van der Waals surface area contributed by atoms with Gasteiger partial charge in [-0.2, -0.15) is 0 Å². The lowest BCUT2D eigenvalue weighted by atomic mass is 10.0. The molecule has 1 aliphatic heterocycles. The second-order valence-electron chi connectivity index (χ2n) is 6.52. The van der Waals surface area contributed by atoms with E-state index in [0.29, 0.717) is 25.0 Å². The van der Waals surface area contributed by atoms with Crippen molar-refractivity contribution in [2.24, 2.45) is 11.8 Å². The highest BCUT2D eigenvalue weighted by molar-refractivity contribution is 4.54. The summed E-state index contributed by atoms with van der Waals surface area (Å²) in [5.41, 5.74) is 0. The van der Waals surface area contributed by atoms with Crippen LogP contribution in [0.3, 0.4) is 0 Å². The van der Waals surface area contributed by atoms with Crippen LogP contribution in [0.15, 0.2) is 0 Å². The van der Waals surface area contributed by atoms with Gasteiger partial charge in [0.1, 0.15) is 0 Å². The first-order valence-corrected chi connectivity index (χ1v) is 10.4. The molecule has 1 fully saturated rings. The van der Waals surface area contributed by atoms with E-state index < -0.39 is 0 Å². The number of unbranched alkanes of at least 4 members (excludes halogenated alkanes) is 2. The van der Waals surface area contributed by atoms with Crippen LogP contribution in [0.4, 0.5) is 0 Å². The molecule has 0 aromatic carbocycles. The molecule has 1 heterocycles. The Morgan fingerprint density at radius 1 is 0.720 bits per heavy atom. The van der Waals surface area contributed by atoms with Crippen molar-refractivity contribution in [2.45, 2.75) is 91.9 Å². The summed E-state index contributed by atoms with van der Waals surface area (Å²) < 4.78 is 4.94. The smallest absolute Gasteiger partial charge is 0.0466 e. The molecule has 156 valence electrons. The molecule has 2 atom stereocenters. The minimum Gasteiger partial charge on any atom is -0.400 e. The average Bonchev–Trinajstić information content (AvgIpc) is 3.26. The highest BCUT2D eigenvalue weighted by Gasteiger charge is 2.02. The van der Waals surface area contributed by atoms with Gasteiger partial charge < -0.3 is 20.1 Å². The molecular weight excluding hydrogens is 316 g/mol. The third-order valence-corrected chi connectivity index (χ3v) is 4.43. The van der Waals surface area contributed by atoms with E-state index in [2.05, 4.69) is 27.7 Å². The third kappa shape index (κ3) is 26.2. The van der Waals surface area contributed by atoms with E-state index in [4.69, 9.17) is 20.1 Å². The number of hydrogen-bond acceptors (Lipinski definition) is 4. The van der Waals surface area contributed by atoms with Crippen molar-refractivity contribution in [2.75, 3.05) is 33.5 Å². The van der Waals surface area contributed by atoms with Crippen molar-refractivity contribution in [3.05, 3.63) is 0 Å². The Kier molecular flexibility index (Phi) is 33.9. The van der Waals surface area contributed by atoms with Gasteiger partial charge in [0.25, 0.3) is 0 Å². The van der Waals surface area contributed by atoms with E-state index in [1.165, 1.54) is 51.4 Å². The Hall–Kier alpha value is -0.160. The van der Waals surface area contributed by atoms with E-state index in [-0.39, 0.29) is 0 Å². The van der Waals surface area contributed by atoms with E-state index in [1.54, 1.807) is 0 Å². The number of aliphatic hydroxyl groups excluding tert-OH is 3. The number of rotatable bonds is 10. The maximum absolute atomic E-state index is 8.75. The topological polar surface area (TPSA) is 69.9 Å². The number of aliphatic hydroxyl groups is 3. The Balaban J connectivity index is -0.000000285. The summed E-state index contributed by atoms with van der Waals surface area (Å²) in [7, 11) is 1.00. The Morgan fingerprint density at radius 3 is 1.24 bits per heavy atom. The predicted molar refractivity (Wildman–Crippen MR) is 109 cm³/mol. The quantitative estimate of drug-likeness (QED) is 0.521. The molecule has 0 aromatic rings. The molecule has 3 N–H and O–H groups in total. The Morgan fingerprint density at radius 2 is 1.08 bits per heavy atom. The zero-order chi connectivity index (χ0) is 19.8.